The van der Waals surface area contributed by atoms with E-state index in [2.05, 4.69) is 0 Å². The number of hydrogen-bond donors (Lipinski definition) is 0. The lowest BCUT2D eigenvalue weighted by atomic mass is 10.1. The summed E-state index contributed by atoms with van der Waals surface area (Å²) in [5.41, 5.74) is 1.25. The number of nitrogens with zero attached hydrogens (tertiary/aromatic N) is 2. The van der Waals surface area contributed by atoms with Crippen molar-refractivity contribution in [3.05, 3.63) is 68.2 Å². The van der Waals surface area contributed by atoms with Crippen molar-refractivity contribution in [2.75, 3.05) is 10.7 Å². The van der Waals surface area contributed by atoms with E-state index in [0.717, 1.165) is 5.56 Å². The highest BCUT2D eigenvalue weighted by atomic mass is 35.5. The summed E-state index contributed by atoms with van der Waals surface area (Å²) in [6, 6.07) is 11.2. The maximum absolute atomic E-state index is 12.3. The monoisotopic (exact) mass is 368 g/mol. The summed E-state index contributed by atoms with van der Waals surface area (Å²) in [6.07, 6.45) is 0. The Hall–Kier alpha value is -1.76. The lowest BCUT2D eigenvalue weighted by Gasteiger charge is -2.26. The van der Waals surface area contributed by atoms with Crippen molar-refractivity contribution < 1.29 is 9.72 Å². The molecule has 5 nitrogen and oxygen atoms in total. The van der Waals surface area contributed by atoms with Crippen molar-refractivity contribution in [3.63, 3.8) is 0 Å². The Morgan fingerprint density at radius 2 is 1.74 bits per heavy atom. The number of benzene rings is 2. The second-order valence-electron chi connectivity index (χ2n) is 4.85. The average molecular weight is 369 g/mol. The van der Waals surface area contributed by atoms with Crippen molar-refractivity contribution >= 4 is 52.2 Å². The van der Waals surface area contributed by atoms with E-state index in [1.54, 1.807) is 35.2 Å². The van der Waals surface area contributed by atoms with Gasteiger partial charge in [-0.2, -0.15) is 0 Å². The number of nitro groups is 1. The Bertz CT molecular complexity index is 763. The van der Waals surface area contributed by atoms with Gasteiger partial charge < -0.3 is 0 Å². The maximum atomic E-state index is 12.3. The number of halogens is 2. The van der Waals surface area contributed by atoms with Crippen LogP contribution in [0.4, 0.5) is 11.4 Å². The van der Waals surface area contributed by atoms with Crippen molar-refractivity contribution in [3.8, 4) is 0 Å². The van der Waals surface area contributed by atoms with E-state index in [1.165, 1.54) is 23.9 Å². The lowest BCUT2D eigenvalue weighted by Crippen LogP contribution is -2.28. The number of amides is 1. The van der Waals surface area contributed by atoms with Crippen LogP contribution in [0.5, 0.6) is 0 Å². The van der Waals surface area contributed by atoms with E-state index >= 15 is 0 Å². The fourth-order valence-corrected chi connectivity index (χ4v) is 4.13. The Balaban J connectivity index is 2.02. The van der Waals surface area contributed by atoms with Crippen molar-refractivity contribution in [1.29, 1.82) is 0 Å². The number of hydrogen-bond acceptors (Lipinski definition) is 4. The molecule has 0 N–H and O–H groups in total. The minimum absolute atomic E-state index is 0.00500. The summed E-state index contributed by atoms with van der Waals surface area (Å²) in [7, 11) is 0. The number of carbonyl (C=O) groups excluding carboxylic acids is 1. The first-order chi connectivity index (χ1) is 11.0. The van der Waals surface area contributed by atoms with E-state index in [9.17, 15) is 14.9 Å². The SMILES string of the molecule is O=C1CSC(c2ccc([N+](=O)[O-])cc2)N1c1c(Cl)cccc1Cl. The number of para-hydroxylation sites is 1. The highest BCUT2D eigenvalue weighted by Gasteiger charge is 2.36. The van der Waals surface area contributed by atoms with Crippen molar-refractivity contribution in [1.82, 2.24) is 0 Å². The number of nitro benzene ring substituents is 1. The zero-order chi connectivity index (χ0) is 16.6. The van der Waals surface area contributed by atoms with Gasteiger partial charge in [0.1, 0.15) is 5.37 Å². The molecule has 3 rings (SSSR count). The van der Waals surface area contributed by atoms with Crippen LogP contribution in [0.25, 0.3) is 0 Å². The second-order valence-corrected chi connectivity index (χ2v) is 6.73. The third-order valence-corrected chi connectivity index (χ3v) is 5.26. The summed E-state index contributed by atoms with van der Waals surface area (Å²) in [6.45, 7) is 0. The summed E-state index contributed by atoms with van der Waals surface area (Å²) in [5, 5.41) is 11.2. The highest BCUT2D eigenvalue weighted by Crippen LogP contribution is 2.46. The molecule has 1 fully saturated rings. The Morgan fingerprint density at radius 3 is 2.30 bits per heavy atom. The van der Waals surface area contributed by atoms with Gasteiger partial charge >= 0.3 is 0 Å². The molecule has 2 aromatic rings. The third-order valence-electron chi connectivity index (χ3n) is 3.44. The van der Waals surface area contributed by atoms with Gasteiger partial charge in [-0.25, -0.2) is 0 Å². The molecule has 1 amide bonds. The van der Waals surface area contributed by atoms with E-state index < -0.39 is 4.92 Å². The summed E-state index contributed by atoms with van der Waals surface area (Å²) < 4.78 is 0. The number of anilines is 1. The predicted octanol–water partition coefficient (Wildman–Crippen LogP) is 4.68. The molecule has 118 valence electrons. The normalized spacial score (nSPS) is 17.6. The summed E-state index contributed by atoms with van der Waals surface area (Å²) >= 11 is 13.9. The molecule has 1 atom stereocenters. The molecule has 1 aliphatic heterocycles. The number of rotatable bonds is 3. The molecule has 0 saturated carbocycles. The van der Waals surface area contributed by atoms with Crippen LogP contribution in [-0.4, -0.2) is 16.6 Å². The molecule has 2 aromatic carbocycles. The van der Waals surface area contributed by atoms with Gasteiger partial charge in [0.25, 0.3) is 5.69 Å². The Morgan fingerprint density at radius 1 is 1.13 bits per heavy atom. The number of carbonyl (C=O) groups is 1. The van der Waals surface area contributed by atoms with Gasteiger partial charge in [-0.05, 0) is 29.8 Å². The molecule has 1 unspecified atom stereocenters. The molecule has 1 aliphatic rings. The van der Waals surface area contributed by atoms with Crippen LogP contribution in [-0.2, 0) is 4.79 Å². The molecule has 23 heavy (non-hydrogen) atoms. The first-order valence-corrected chi connectivity index (χ1v) is 8.41. The molecule has 0 spiro atoms. The fourth-order valence-electron chi connectivity index (χ4n) is 2.39. The van der Waals surface area contributed by atoms with Crippen LogP contribution in [0.1, 0.15) is 10.9 Å². The maximum Gasteiger partial charge on any atom is 0.269 e. The van der Waals surface area contributed by atoms with Crippen molar-refractivity contribution in [2.24, 2.45) is 0 Å². The number of non-ortho nitro benzene ring substituents is 1. The van der Waals surface area contributed by atoms with Crippen LogP contribution in [0.15, 0.2) is 42.5 Å². The highest BCUT2D eigenvalue weighted by molar-refractivity contribution is 8.00. The number of thioether (sulfide) groups is 1. The van der Waals surface area contributed by atoms with E-state index in [4.69, 9.17) is 23.2 Å². The van der Waals surface area contributed by atoms with E-state index in [-0.39, 0.29) is 17.0 Å². The van der Waals surface area contributed by atoms with Gasteiger partial charge in [-0.3, -0.25) is 19.8 Å². The van der Waals surface area contributed by atoms with Gasteiger partial charge in [-0.15, -0.1) is 11.8 Å². The minimum Gasteiger partial charge on any atom is -0.292 e. The quantitative estimate of drug-likeness (QED) is 0.582. The average Bonchev–Trinajstić information content (AvgIpc) is 2.89. The summed E-state index contributed by atoms with van der Waals surface area (Å²) in [4.78, 5) is 24.2. The minimum atomic E-state index is -0.459. The smallest absolute Gasteiger partial charge is 0.269 e. The van der Waals surface area contributed by atoms with E-state index in [0.29, 0.717) is 21.5 Å². The van der Waals surface area contributed by atoms with Crippen LogP contribution in [0.2, 0.25) is 10.0 Å². The topological polar surface area (TPSA) is 63.4 Å². The largest absolute Gasteiger partial charge is 0.292 e. The van der Waals surface area contributed by atoms with Crippen LogP contribution < -0.4 is 4.90 Å². The van der Waals surface area contributed by atoms with Gasteiger partial charge in [0.2, 0.25) is 5.91 Å². The lowest BCUT2D eigenvalue weighted by molar-refractivity contribution is -0.384. The van der Waals surface area contributed by atoms with Gasteiger partial charge in [0.05, 0.1) is 26.4 Å². The second kappa shape index (κ2) is 6.39. The zero-order valence-corrected chi connectivity index (χ0v) is 13.9. The molecule has 0 aromatic heterocycles. The molecule has 0 bridgehead atoms. The fraction of sp³-hybridized carbons (Fsp3) is 0.133. The Kier molecular flexibility index (Phi) is 4.48. The molecule has 8 heteroatoms. The molecule has 1 heterocycles. The first-order valence-electron chi connectivity index (χ1n) is 6.61. The van der Waals surface area contributed by atoms with E-state index in [1.807, 2.05) is 0 Å². The third kappa shape index (κ3) is 3.02. The molecule has 0 aliphatic carbocycles. The van der Waals surface area contributed by atoms with Crippen molar-refractivity contribution in [2.45, 2.75) is 5.37 Å². The van der Waals surface area contributed by atoms with Gasteiger partial charge in [-0.1, -0.05) is 29.3 Å². The van der Waals surface area contributed by atoms with Crippen LogP contribution in [0, 0.1) is 10.1 Å². The predicted molar refractivity (Wildman–Crippen MR) is 92.2 cm³/mol. The standard InChI is InChI=1S/C15H10Cl2N2O3S/c16-11-2-1-3-12(17)14(11)18-13(20)8-23-15(18)9-4-6-10(7-5-9)19(21)22/h1-7,15H,8H2. The Labute approximate surface area is 146 Å². The van der Waals surface area contributed by atoms with Gasteiger partial charge in [0, 0.05) is 12.1 Å². The summed E-state index contributed by atoms with van der Waals surface area (Å²) in [5.74, 6) is 0.191. The van der Waals surface area contributed by atoms with Gasteiger partial charge in [0.15, 0.2) is 0 Å². The first kappa shape index (κ1) is 16.1. The molecular formula is C15H10Cl2N2O3S. The zero-order valence-electron chi connectivity index (χ0n) is 11.6. The van der Waals surface area contributed by atoms with Crippen LogP contribution >= 0.6 is 35.0 Å². The molecule has 1 saturated heterocycles. The molecule has 0 radical (unpaired) electrons. The molecular weight excluding hydrogens is 359 g/mol. The van der Waals surface area contributed by atoms with Crippen LogP contribution in [0.3, 0.4) is 0 Å².